The molecular formula is C48H32N2O. The lowest BCUT2D eigenvalue weighted by Crippen LogP contribution is -2.11. The highest BCUT2D eigenvalue weighted by Gasteiger charge is 2.23. The van der Waals surface area contributed by atoms with Crippen LogP contribution in [-0.4, -0.2) is 4.57 Å². The number of furan rings is 1. The summed E-state index contributed by atoms with van der Waals surface area (Å²) >= 11 is 0. The molecule has 0 N–H and O–H groups in total. The molecular weight excluding hydrogens is 621 g/mol. The quantitative estimate of drug-likeness (QED) is 0.176. The highest BCUT2D eigenvalue weighted by atomic mass is 16.3. The predicted octanol–water partition coefficient (Wildman–Crippen LogP) is 13.5. The molecule has 0 radical (unpaired) electrons. The maximum Gasteiger partial charge on any atom is 0.145 e. The molecule has 0 aliphatic heterocycles. The molecule has 240 valence electrons. The van der Waals surface area contributed by atoms with Crippen LogP contribution in [0, 0.1) is 0 Å². The van der Waals surface area contributed by atoms with Crippen molar-refractivity contribution in [2.45, 2.75) is 0 Å². The zero-order chi connectivity index (χ0) is 45.9. The lowest BCUT2D eigenvalue weighted by Gasteiger charge is -2.28. The lowest BCUT2D eigenvalue weighted by molar-refractivity contribution is 0.670. The molecule has 0 aliphatic rings. The summed E-state index contributed by atoms with van der Waals surface area (Å²) in [6, 6.07) is 23.9. The van der Waals surface area contributed by atoms with Gasteiger partial charge in [0.2, 0.25) is 0 Å². The van der Waals surface area contributed by atoms with E-state index in [1.807, 2.05) is 78.9 Å². The summed E-state index contributed by atoms with van der Waals surface area (Å²) < 4.78 is 133. The molecule has 3 nitrogen and oxygen atoms in total. The summed E-state index contributed by atoms with van der Waals surface area (Å²) in [7, 11) is 0. The fourth-order valence-corrected chi connectivity index (χ4v) is 6.85. The van der Waals surface area contributed by atoms with Gasteiger partial charge in [-0.2, -0.15) is 0 Å². The van der Waals surface area contributed by atoms with Gasteiger partial charge >= 0.3 is 0 Å². The first-order valence-corrected chi connectivity index (χ1v) is 16.2. The highest BCUT2D eigenvalue weighted by molar-refractivity contribution is 6.13. The largest absolute Gasteiger partial charge is 0.455 e. The Morgan fingerprint density at radius 1 is 0.451 bits per heavy atom. The first kappa shape index (κ1) is 18.2. The Kier molecular flexibility index (Phi) is 4.27. The van der Waals surface area contributed by atoms with E-state index in [0.29, 0.717) is 27.7 Å². The van der Waals surface area contributed by atoms with E-state index in [9.17, 15) is 8.22 Å². The van der Waals surface area contributed by atoms with E-state index in [0.717, 1.165) is 37.8 Å². The van der Waals surface area contributed by atoms with Gasteiger partial charge in [0.25, 0.3) is 0 Å². The minimum atomic E-state index is -0.793. The fourth-order valence-electron chi connectivity index (χ4n) is 6.85. The van der Waals surface area contributed by atoms with Crippen LogP contribution in [0.25, 0.3) is 71.7 Å². The van der Waals surface area contributed by atoms with Crippen molar-refractivity contribution in [3.63, 3.8) is 0 Å². The van der Waals surface area contributed by atoms with Crippen LogP contribution in [-0.2, 0) is 0 Å². The number of rotatable bonds is 6. The van der Waals surface area contributed by atoms with Crippen LogP contribution in [0.2, 0.25) is 0 Å². The maximum atomic E-state index is 9.53. The maximum absolute atomic E-state index is 9.53. The van der Waals surface area contributed by atoms with Gasteiger partial charge in [-0.25, -0.2) is 0 Å². The Morgan fingerprint density at radius 2 is 1.02 bits per heavy atom. The monoisotopic (exact) mass is 666 g/mol. The number of aromatic nitrogens is 1. The van der Waals surface area contributed by atoms with E-state index in [1.54, 1.807) is 18.2 Å². The number of para-hydroxylation sites is 4. The zero-order valence-corrected chi connectivity index (χ0v) is 26.7. The summed E-state index contributed by atoms with van der Waals surface area (Å²) in [6.45, 7) is 0. The molecule has 8 aromatic carbocycles. The number of fused-ring (bicyclic) bond motifs is 6. The second-order valence-corrected chi connectivity index (χ2v) is 11.9. The zero-order valence-electron chi connectivity index (χ0n) is 40.7. The summed E-state index contributed by atoms with van der Waals surface area (Å²) in [4.78, 5) is 1.11. The van der Waals surface area contributed by atoms with Crippen LogP contribution < -0.4 is 4.90 Å². The molecule has 0 fully saturated rings. The topological polar surface area (TPSA) is 21.3 Å². The van der Waals surface area contributed by atoms with Crippen molar-refractivity contribution in [3.8, 4) is 27.9 Å². The highest BCUT2D eigenvalue weighted by Crippen LogP contribution is 2.47. The molecule has 2 aromatic heterocycles. The van der Waals surface area contributed by atoms with Gasteiger partial charge in [-0.1, -0.05) is 127 Å². The molecule has 0 unspecified atom stereocenters. The Morgan fingerprint density at radius 3 is 1.71 bits per heavy atom. The molecule has 0 saturated carbocycles. The van der Waals surface area contributed by atoms with Crippen molar-refractivity contribution in [2.75, 3.05) is 4.90 Å². The minimum absolute atomic E-state index is 0.0658. The van der Waals surface area contributed by atoms with Crippen molar-refractivity contribution in [3.05, 3.63) is 194 Å². The van der Waals surface area contributed by atoms with Crippen molar-refractivity contribution in [1.82, 2.24) is 4.57 Å². The van der Waals surface area contributed by atoms with Gasteiger partial charge in [0.1, 0.15) is 11.2 Å². The smallest absolute Gasteiger partial charge is 0.145 e. The first-order valence-electron chi connectivity index (χ1n) is 23.2. The van der Waals surface area contributed by atoms with E-state index >= 15 is 0 Å². The van der Waals surface area contributed by atoms with Crippen molar-refractivity contribution in [1.29, 1.82) is 0 Å². The predicted molar refractivity (Wildman–Crippen MR) is 214 cm³/mol. The minimum Gasteiger partial charge on any atom is -0.455 e. The lowest BCUT2D eigenvalue weighted by atomic mass is 9.98. The first-order chi connectivity index (χ1) is 31.1. The van der Waals surface area contributed by atoms with Crippen molar-refractivity contribution >= 4 is 60.8 Å². The Bertz CT molecular complexity index is 3530. The van der Waals surface area contributed by atoms with Gasteiger partial charge in [0.15, 0.2) is 0 Å². The SMILES string of the molecule is [2H]c1c([2H])c([2H])c(-c2c([2H])c([2H])c(N(c3ccc4c(oc5ccccc54)c3-c3ccc(-n4c5ccccc5c5ccccc54)cc3)c3c([2H])c([2H])c([2H])c([2H])c3[2H])c([2H])c2[2H])c([2H])c1[2H]. The number of hydrogen-bond acceptors (Lipinski definition) is 2. The van der Waals surface area contributed by atoms with Crippen LogP contribution in [0.5, 0.6) is 0 Å². The van der Waals surface area contributed by atoms with Crippen molar-refractivity contribution < 1.29 is 23.6 Å². The second-order valence-electron chi connectivity index (χ2n) is 11.9. The summed E-state index contributed by atoms with van der Waals surface area (Å²) in [5.74, 6) is 0. The van der Waals surface area contributed by atoms with Crippen LogP contribution >= 0.6 is 0 Å². The molecule has 2 heterocycles. The van der Waals surface area contributed by atoms with E-state index in [1.165, 1.54) is 0 Å². The summed E-state index contributed by atoms with van der Waals surface area (Å²) in [5, 5.41) is 3.53. The van der Waals surface area contributed by atoms with Gasteiger partial charge in [-0.15, -0.1) is 0 Å². The average molecular weight is 667 g/mol. The fraction of sp³-hybridized carbons (Fsp3) is 0. The Labute approximate surface area is 315 Å². The molecule has 0 spiro atoms. The number of anilines is 3. The number of nitrogens with zero attached hydrogens (tertiary/aromatic N) is 2. The number of hydrogen-bond donors (Lipinski definition) is 0. The van der Waals surface area contributed by atoms with E-state index in [4.69, 9.17) is 15.4 Å². The molecule has 0 amide bonds. The molecule has 0 bridgehead atoms. The van der Waals surface area contributed by atoms with E-state index in [-0.39, 0.29) is 5.69 Å². The molecule has 10 aromatic rings. The molecule has 0 atom stereocenters. The third kappa shape index (κ3) is 4.82. The average Bonchev–Trinajstić information content (AvgIpc) is 3.87. The van der Waals surface area contributed by atoms with Gasteiger partial charge in [-0.3, -0.25) is 0 Å². The van der Waals surface area contributed by atoms with Gasteiger partial charge in [-0.05, 0) is 83.3 Å². The van der Waals surface area contributed by atoms with Crippen LogP contribution in [0.4, 0.5) is 17.1 Å². The Balaban J connectivity index is 1.30. The Hall–Kier alpha value is -6.84. The summed E-state index contributed by atoms with van der Waals surface area (Å²) in [5.41, 5.74) is 2.36. The van der Waals surface area contributed by atoms with Gasteiger partial charge < -0.3 is 13.9 Å². The molecule has 10 rings (SSSR count). The number of benzene rings is 8. The summed E-state index contributed by atoms with van der Waals surface area (Å²) in [6.07, 6.45) is 0. The van der Waals surface area contributed by atoms with Crippen LogP contribution in [0.15, 0.2) is 198 Å². The third-order valence-electron chi connectivity index (χ3n) is 9.06. The molecule has 51 heavy (non-hydrogen) atoms. The van der Waals surface area contributed by atoms with Crippen LogP contribution in [0.3, 0.4) is 0 Å². The molecule has 3 heteroatoms. The van der Waals surface area contributed by atoms with Gasteiger partial charge in [0, 0.05) is 44.2 Å². The standard InChI is InChI=1S/C48H32N2O/c1-3-13-33(14-4-1)34-23-27-37(28-24-34)49(36-15-5-2-6-16-36)45-32-31-42-41-19-9-12-22-46(41)51-48(42)47(45)35-25-29-38(30-26-35)50-43-20-10-7-17-39(43)40-18-8-11-21-44(40)50/h1-32H/i1D,2D,3D,4D,5D,6D,13D,14D,15D,16D,23D,24D,27D,28D. The van der Waals surface area contributed by atoms with E-state index < -0.39 is 107 Å². The van der Waals surface area contributed by atoms with Gasteiger partial charge in [0.05, 0.1) is 35.9 Å². The molecule has 0 saturated heterocycles. The second kappa shape index (κ2) is 11.9. The van der Waals surface area contributed by atoms with E-state index in [2.05, 4.69) is 16.7 Å². The van der Waals surface area contributed by atoms with Crippen molar-refractivity contribution in [2.24, 2.45) is 0 Å². The van der Waals surface area contributed by atoms with Crippen LogP contribution in [0.1, 0.15) is 19.2 Å². The third-order valence-corrected chi connectivity index (χ3v) is 9.06. The normalized spacial score (nSPS) is 15.4. The molecule has 0 aliphatic carbocycles.